The molecule has 0 spiro atoms. The van der Waals surface area contributed by atoms with E-state index in [2.05, 4.69) is 44.9 Å². The summed E-state index contributed by atoms with van der Waals surface area (Å²) in [6.45, 7) is 6.41. The number of nitrogens with zero attached hydrogens (tertiary/aromatic N) is 2. The van der Waals surface area contributed by atoms with Gasteiger partial charge in [-0.2, -0.15) is 5.10 Å². The van der Waals surface area contributed by atoms with Gasteiger partial charge in [0.25, 0.3) is 0 Å². The molecule has 1 saturated carbocycles. The van der Waals surface area contributed by atoms with Crippen molar-refractivity contribution in [3.05, 3.63) is 15.9 Å². The molecule has 2 aliphatic rings. The summed E-state index contributed by atoms with van der Waals surface area (Å²) in [4.78, 5) is 0. The molecule has 0 amide bonds. The lowest BCUT2D eigenvalue weighted by atomic mass is 9.86. The predicted octanol–water partition coefficient (Wildman–Crippen LogP) is 3.05. The van der Waals surface area contributed by atoms with E-state index in [4.69, 9.17) is 0 Å². The van der Waals surface area contributed by atoms with Gasteiger partial charge in [0.15, 0.2) is 0 Å². The van der Waals surface area contributed by atoms with E-state index in [9.17, 15) is 0 Å². The Bertz CT molecular complexity index is 442. The first-order valence-corrected chi connectivity index (χ1v) is 7.92. The highest BCUT2D eigenvalue weighted by molar-refractivity contribution is 9.10. The fraction of sp³-hybridized carbons (Fsp3) is 0.786. The van der Waals surface area contributed by atoms with E-state index < -0.39 is 0 Å². The quantitative estimate of drug-likeness (QED) is 0.926. The summed E-state index contributed by atoms with van der Waals surface area (Å²) in [7, 11) is 0. The van der Waals surface area contributed by atoms with Gasteiger partial charge in [-0.05, 0) is 67.9 Å². The van der Waals surface area contributed by atoms with Crippen molar-refractivity contribution in [2.45, 2.75) is 58.0 Å². The molecule has 3 nitrogen and oxygen atoms in total. The molecule has 3 rings (SSSR count). The van der Waals surface area contributed by atoms with Crippen molar-refractivity contribution >= 4 is 15.9 Å². The van der Waals surface area contributed by atoms with E-state index in [1.54, 1.807) is 0 Å². The molecule has 1 saturated heterocycles. The van der Waals surface area contributed by atoms with Gasteiger partial charge in [0, 0.05) is 18.5 Å². The maximum absolute atomic E-state index is 4.62. The topological polar surface area (TPSA) is 29.9 Å². The van der Waals surface area contributed by atoms with Crippen molar-refractivity contribution in [2.24, 2.45) is 5.92 Å². The lowest BCUT2D eigenvalue weighted by molar-refractivity contribution is 0.314. The molecule has 0 bridgehead atoms. The first kappa shape index (κ1) is 12.7. The summed E-state index contributed by atoms with van der Waals surface area (Å²) < 4.78 is 3.39. The van der Waals surface area contributed by atoms with Crippen LogP contribution in [0.5, 0.6) is 0 Å². The minimum absolute atomic E-state index is 0.363. The summed E-state index contributed by atoms with van der Waals surface area (Å²) in [6.07, 6.45) is 6.60. The number of hydrogen-bond acceptors (Lipinski definition) is 2. The standard InChI is InChI=1S/C14H22BrN3/c1-3-18-12(13(15)10(2)17-18)9-14(11-5-6-11)7-4-8-16-14/h11,16H,3-9H2,1-2H3. The highest BCUT2D eigenvalue weighted by atomic mass is 79.9. The Balaban J connectivity index is 1.91. The molecule has 4 heteroatoms. The summed E-state index contributed by atoms with van der Waals surface area (Å²) in [6, 6.07) is 0. The second kappa shape index (κ2) is 4.64. The average Bonchev–Trinajstić information content (AvgIpc) is 3.08. The largest absolute Gasteiger partial charge is 0.311 e. The maximum atomic E-state index is 4.62. The molecule has 1 N–H and O–H groups in total. The number of rotatable bonds is 4. The second-order valence-electron chi connectivity index (χ2n) is 5.80. The lowest BCUT2D eigenvalue weighted by Gasteiger charge is -2.30. The van der Waals surface area contributed by atoms with Crippen LogP contribution in [0.4, 0.5) is 0 Å². The van der Waals surface area contributed by atoms with Gasteiger partial charge in [-0.3, -0.25) is 4.68 Å². The molecule has 100 valence electrons. The van der Waals surface area contributed by atoms with Gasteiger partial charge in [-0.1, -0.05) is 0 Å². The Morgan fingerprint density at radius 2 is 2.28 bits per heavy atom. The van der Waals surface area contributed by atoms with E-state index in [-0.39, 0.29) is 0 Å². The molecular weight excluding hydrogens is 290 g/mol. The summed E-state index contributed by atoms with van der Waals surface area (Å²) in [5, 5.41) is 8.43. The molecule has 18 heavy (non-hydrogen) atoms. The van der Waals surface area contributed by atoms with E-state index in [0.717, 1.165) is 24.6 Å². The zero-order valence-electron chi connectivity index (χ0n) is 11.3. The minimum atomic E-state index is 0.363. The number of halogens is 1. The molecule has 1 aromatic heterocycles. The Morgan fingerprint density at radius 1 is 1.50 bits per heavy atom. The van der Waals surface area contributed by atoms with Gasteiger partial charge in [0.1, 0.15) is 0 Å². The van der Waals surface area contributed by atoms with Gasteiger partial charge < -0.3 is 5.32 Å². The van der Waals surface area contributed by atoms with Crippen LogP contribution >= 0.6 is 15.9 Å². The molecule has 1 unspecified atom stereocenters. The zero-order chi connectivity index (χ0) is 12.8. The van der Waals surface area contributed by atoms with E-state index >= 15 is 0 Å². The van der Waals surface area contributed by atoms with Crippen LogP contribution in [-0.4, -0.2) is 21.9 Å². The van der Waals surface area contributed by atoms with Crippen LogP contribution in [0.15, 0.2) is 4.47 Å². The molecule has 0 aromatic carbocycles. The third-order valence-corrected chi connectivity index (χ3v) is 5.60. The fourth-order valence-electron chi connectivity index (χ4n) is 3.45. The molecule has 1 aliphatic heterocycles. The minimum Gasteiger partial charge on any atom is -0.311 e. The lowest BCUT2D eigenvalue weighted by Crippen LogP contribution is -2.44. The monoisotopic (exact) mass is 311 g/mol. The van der Waals surface area contributed by atoms with Gasteiger partial charge >= 0.3 is 0 Å². The molecular formula is C14H22BrN3. The Hall–Kier alpha value is -0.350. The van der Waals surface area contributed by atoms with Crippen molar-refractivity contribution in [2.75, 3.05) is 6.54 Å². The zero-order valence-corrected chi connectivity index (χ0v) is 12.9. The van der Waals surface area contributed by atoms with Crippen LogP contribution in [-0.2, 0) is 13.0 Å². The van der Waals surface area contributed by atoms with Crippen molar-refractivity contribution in [3.63, 3.8) is 0 Å². The maximum Gasteiger partial charge on any atom is 0.0738 e. The number of hydrogen-bond donors (Lipinski definition) is 1. The van der Waals surface area contributed by atoms with Gasteiger partial charge in [0.05, 0.1) is 15.9 Å². The fourth-order valence-corrected chi connectivity index (χ4v) is 3.87. The highest BCUT2D eigenvalue weighted by Gasteiger charge is 2.47. The summed E-state index contributed by atoms with van der Waals surface area (Å²) in [5.74, 6) is 0.896. The van der Waals surface area contributed by atoms with Crippen LogP contribution < -0.4 is 5.32 Å². The second-order valence-corrected chi connectivity index (χ2v) is 6.59. The van der Waals surface area contributed by atoms with Crippen molar-refractivity contribution < 1.29 is 0 Å². The predicted molar refractivity (Wildman–Crippen MR) is 76.7 cm³/mol. The first-order valence-electron chi connectivity index (χ1n) is 7.13. The van der Waals surface area contributed by atoms with Gasteiger partial charge in [-0.15, -0.1) is 0 Å². The van der Waals surface area contributed by atoms with Crippen LogP contribution in [0, 0.1) is 12.8 Å². The highest BCUT2D eigenvalue weighted by Crippen LogP contribution is 2.46. The smallest absolute Gasteiger partial charge is 0.0738 e. The third kappa shape index (κ3) is 2.03. The Morgan fingerprint density at radius 3 is 2.83 bits per heavy atom. The van der Waals surface area contributed by atoms with Gasteiger partial charge in [0.2, 0.25) is 0 Å². The van der Waals surface area contributed by atoms with E-state index in [1.165, 1.54) is 42.4 Å². The van der Waals surface area contributed by atoms with Crippen LogP contribution in [0.25, 0.3) is 0 Å². The van der Waals surface area contributed by atoms with Crippen LogP contribution in [0.2, 0.25) is 0 Å². The van der Waals surface area contributed by atoms with Crippen molar-refractivity contribution in [1.29, 1.82) is 0 Å². The third-order valence-electron chi connectivity index (χ3n) is 4.57. The molecule has 0 radical (unpaired) electrons. The van der Waals surface area contributed by atoms with E-state index in [0.29, 0.717) is 5.54 Å². The molecule has 2 fully saturated rings. The normalized spacial score (nSPS) is 27.9. The molecule has 2 heterocycles. The number of aromatic nitrogens is 2. The average molecular weight is 312 g/mol. The Labute approximate surface area is 117 Å². The first-order chi connectivity index (χ1) is 8.66. The van der Waals surface area contributed by atoms with E-state index in [1.807, 2.05) is 0 Å². The SMILES string of the molecule is CCn1nc(C)c(Br)c1CC1(C2CC2)CCCN1. The Kier molecular flexibility index (Phi) is 3.27. The summed E-state index contributed by atoms with van der Waals surface area (Å²) >= 11 is 3.73. The van der Waals surface area contributed by atoms with Crippen molar-refractivity contribution in [1.82, 2.24) is 15.1 Å². The molecule has 1 aliphatic carbocycles. The number of nitrogens with one attached hydrogen (secondary N) is 1. The van der Waals surface area contributed by atoms with Crippen LogP contribution in [0.3, 0.4) is 0 Å². The summed E-state index contributed by atoms with van der Waals surface area (Å²) in [5.41, 5.74) is 2.87. The molecule has 1 atom stereocenters. The van der Waals surface area contributed by atoms with Crippen molar-refractivity contribution in [3.8, 4) is 0 Å². The van der Waals surface area contributed by atoms with Crippen LogP contribution in [0.1, 0.15) is 44.0 Å². The number of aryl methyl sites for hydroxylation is 2. The van der Waals surface area contributed by atoms with Gasteiger partial charge in [-0.25, -0.2) is 0 Å². The molecule has 1 aromatic rings.